The summed E-state index contributed by atoms with van der Waals surface area (Å²) >= 11 is 0. The summed E-state index contributed by atoms with van der Waals surface area (Å²) in [7, 11) is -3.66. The van der Waals surface area contributed by atoms with E-state index in [-0.39, 0.29) is 12.4 Å². The number of hydrogen-bond donors (Lipinski definition) is 3. The number of nitrogens with zero attached hydrogens (tertiary/aromatic N) is 1. The zero-order valence-corrected chi connectivity index (χ0v) is 13.8. The molecule has 0 aromatic heterocycles. The molecule has 0 saturated heterocycles. The Morgan fingerprint density at radius 1 is 0.917 bits per heavy atom. The molecule has 1 aliphatic rings. The zero-order chi connectivity index (χ0) is 17.0. The second-order valence-electron chi connectivity index (χ2n) is 5.57. The van der Waals surface area contributed by atoms with E-state index in [2.05, 4.69) is 17.4 Å². The lowest BCUT2D eigenvalue weighted by Gasteiger charge is -2.14. The van der Waals surface area contributed by atoms with Gasteiger partial charge >= 0.3 is 10.2 Å². The summed E-state index contributed by atoms with van der Waals surface area (Å²) in [4.78, 5) is 0. The lowest BCUT2D eigenvalue weighted by atomic mass is 10.1. The van der Waals surface area contributed by atoms with Crippen LogP contribution in [0.4, 0.5) is 0 Å². The summed E-state index contributed by atoms with van der Waals surface area (Å²) in [5.74, 6) is -0.364. The van der Waals surface area contributed by atoms with Crippen molar-refractivity contribution in [2.75, 3.05) is 0 Å². The third-order valence-electron chi connectivity index (χ3n) is 3.67. The molecule has 2 aromatic carbocycles. The van der Waals surface area contributed by atoms with Crippen molar-refractivity contribution in [3.8, 4) is 0 Å². The molecule has 3 rings (SSSR count). The van der Waals surface area contributed by atoms with Gasteiger partial charge < -0.3 is 10.4 Å². The molecule has 24 heavy (non-hydrogen) atoms. The molecule has 0 unspecified atom stereocenters. The molecule has 0 atom stereocenters. The minimum Gasteiger partial charge on any atom is -0.493 e. The van der Waals surface area contributed by atoms with Gasteiger partial charge in [-0.15, -0.1) is 0 Å². The number of hydrogen-bond acceptors (Lipinski definition) is 4. The average Bonchev–Trinajstić information content (AvgIpc) is 2.82. The van der Waals surface area contributed by atoms with Crippen molar-refractivity contribution in [3.05, 3.63) is 83.4 Å². The Bertz CT molecular complexity index is 818. The van der Waals surface area contributed by atoms with Gasteiger partial charge in [0.1, 0.15) is 0 Å². The minimum atomic E-state index is -3.66. The van der Waals surface area contributed by atoms with Gasteiger partial charge in [-0.1, -0.05) is 54.6 Å². The largest absolute Gasteiger partial charge is 0.493 e. The summed E-state index contributed by atoms with van der Waals surface area (Å²) in [5.41, 5.74) is 3.20. The Balaban J connectivity index is 1.54. The summed E-state index contributed by atoms with van der Waals surface area (Å²) in [6.07, 6.45) is 1.17. The minimum absolute atomic E-state index is 0.178. The Kier molecular flexibility index (Phi) is 4.73. The number of rotatable bonds is 6. The third-order valence-corrected chi connectivity index (χ3v) is 4.99. The van der Waals surface area contributed by atoms with E-state index in [9.17, 15) is 13.5 Å². The van der Waals surface area contributed by atoms with Gasteiger partial charge in [-0.05, 0) is 16.7 Å². The highest BCUT2D eigenvalue weighted by molar-refractivity contribution is 7.87. The fourth-order valence-electron chi connectivity index (χ4n) is 2.44. The van der Waals surface area contributed by atoms with Crippen LogP contribution in [0.25, 0.3) is 0 Å². The van der Waals surface area contributed by atoms with Gasteiger partial charge in [0.2, 0.25) is 5.88 Å². The topological polar surface area (TPSA) is 81.7 Å². The molecule has 126 valence electrons. The first-order valence-corrected chi connectivity index (χ1v) is 9.00. The summed E-state index contributed by atoms with van der Waals surface area (Å²) in [6.45, 7) is 1.71. The lowest BCUT2D eigenvalue weighted by Crippen LogP contribution is -2.29. The number of nitrogens with one attached hydrogen (secondary N) is 2. The van der Waals surface area contributed by atoms with Crippen molar-refractivity contribution in [1.29, 1.82) is 0 Å². The first-order chi connectivity index (χ1) is 11.5. The van der Waals surface area contributed by atoms with Crippen LogP contribution in [-0.2, 0) is 29.8 Å². The van der Waals surface area contributed by atoms with Crippen molar-refractivity contribution in [2.24, 2.45) is 0 Å². The van der Waals surface area contributed by atoms with Crippen LogP contribution in [0.1, 0.15) is 16.7 Å². The molecule has 0 bridgehead atoms. The van der Waals surface area contributed by atoms with Crippen molar-refractivity contribution in [1.82, 2.24) is 14.3 Å². The Morgan fingerprint density at radius 3 is 2.08 bits per heavy atom. The fourth-order valence-corrected chi connectivity index (χ4v) is 3.43. The van der Waals surface area contributed by atoms with Crippen LogP contribution in [0, 0.1) is 0 Å². The van der Waals surface area contributed by atoms with E-state index in [1.54, 1.807) is 0 Å². The van der Waals surface area contributed by atoms with Gasteiger partial charge in [-0.3, -0.25) is 4.31 Å². The van der Waals surface area contributed by atoms with Crippen LogP contribution in [0.2, 0.25) is 0 Å². The van der Waals surface area contributed by atoms with Crippen LogP contribution in [0.3, 0.4) is 0 Å². The molecule has 3 N–H and O–H groups in total. The van der Waals surface area contributed by atoms with Crippen LogP contribution >= 0.6 is 0 Å². The first kappa shape index (κ1) is 16.4. The predicted octanol–water partition coefficient (Wildman–Crippen LogP) is 1.98. The van der Waals surface area contributed by atoms with Crippen molar-refractivity contribution < 1.29 is 13.5 Å². The lowest BCUT2D eigenvalue weighted by molar-refractivity contribution is 0.390. The van der Waals surface area contributed by atoms with E-state index in [0.717, 1.165) is 28.5 Å². The Labute approximate surface area is 141 Å². The molecule has 2 aromatic rings. The molecule has 0 radical (unpaired) electrons. The summed E-state index contributed by atoms with van der Waals surface area (Å²) in [5, 5.41) is 12.6. The first-order valence-electron chi connectivity index (χ1n) is 7.56. The molecule has 0 saturated carbocycles. The maximum atomic E-state index is 11.7. The van der Waals surface area contributed by atoms with E-state index in [0.29, 0.717) is 0 Å². The van der Waals surface area contributed by atoms with Crippen LogP contribution < -0.4 is 10.0 Å². The Morgan fingerprint density at radius 2 is 1.50 bits per heavy atom. The molecule has 7 heteroatoms. The standard InChI is InChI=1S/C17H19N3O3S/c21-17-13-20(24(22,23)19-17)12-16-8-6-15(7-9-16)11-18-10-14-4-2-1-3-5-14/h1-9,13,18-19,21H,10-12H2. The average molecular weight is 345 g/mol. The van der Waals surface area contributed by atoms with Crippen molar-refractivity contribution in [3.63, 3.8) is 0 Å². The highest BCUT2D eigenvalue weighted by atomic mass is 32.2. The smallest absolute Gasteiger partial charge is 0.326 e. The normalized spacial score (nSPS) is 15.8. The van der Waals surface area contributed by atoms with E-state index in [1.807, 2.05) is 47.2 Å². The fraction of sp³-hybridized carbons (Fsp3) is 0.176. The number of aliphatic hydroxyl groups is 1. The molecule has 0 aliphatic carbocycles. The van der Waals surface area contributed by atoms with E-state index in [1.165, 1.54) is 11.8 Å². The van der Waals surface area contributed by atoms with Crippen LogP contribution in [0.5, 0.6) is 0 Å². The maximum absolute atomic E-state index is 11.7. The van der Waals surface area contributed by atoms with Crippen molar-refractivity contribution >= 4 is 10.2 Å². The monoisotopic (exact) mass is 345 g/mol. The van der Waals surface area contributed by atoms with Gasteiger partial charge in [0.15, 0.2) is 0 Å². The predicted molar refractivity (Wildman–Crippen MR) is 91.7 cm³/mol. The van der Waals surface area contributed by atoms with Gasteiger partial charge in [0.25, 0.3) is 0 Å². The number of aliphatic hydroxyl groups excluding tert-OH is 1. The molecule has 0 fully saturated rings. The van der Waals surface area contributed by atoms with Gasteiger partial charge in [0, 0.05) is 13.1 Å². The molecule has 1 heterocycles. The second-order valence-corrected chi connectivity index (χ2v) is 7.20. The zero-order valence-electron chi connectivity index (χ0n) is 13.0. The van der Waals surface area contributed by atoms with E-state index >= 15 is 0 Å². The van der Waals surface area contributed by atoms with Gasteiger partial charge in [-0.25, -0.2) is 4.72 Å². The molecule has 0 amide bonds. The number of benzene rings is 2. The molecular weight excluding hydrogens is 326 g/mol. The second kappa shape index (κ2) is 6.94. The quantitative estimate of drug-likeness (QED) is 0.748. The highest BCUT2D eigenvalue weighted by Gasteiger charge is 2.26. The van der Waals surface area contributed by atoms with E-state index in [4.69, 9.17) is 0 Å². The van der Waals surface area contributed by atoms with Crippen molar-refractivity contribution in [2.45, 2.75) is 19.6 Å². The molecule has 0 spiro atoms. The maximum Gasteiger partial charge on any atom is 0.326 e. The highest BCUT2D eigenvalue weighted by Crippen LogP contribution is 2.16. The summed E-state index contributed by atoms with van der Waals surface area (Å²) in [6, 6.07) is 17.9. The molecular formula is C17H19N3O3S. The van der Waals surface area contributed by atoms with Crippen LogP contribution in [0.15, 0.2) is 66.7 Å². The van der Waals surface area contributed by atoms with E-state index < -0.39 is 10.2 Å². The summed E-state index contributed by atoms with van der Waals surface area (Å²) < 4.78 is 26.5. The van der Waals surface area contributed by atoms with Crippen LogP contribution in [-0.4, -0.2) is 17.8 Å². The third kappa shape index (κ3) is 4.06. The molecule has 1 aliphatic heterocycles. The molecule has 6 nitrogen and oxygen atoms in total. The van der Waals surface area contributed by atoms with Gasteiger partial charge in [-0.2, -0.15) is 8.42 Å². The van der Waals surface area contributed by atoms with Gasteiger partial charge in [0.05, 0.1) is 12.7 Å². The SMILES string of the molecule is O=S1(=O)NC(O)=CN1Cc1ccc(CNCc2ccccc2)cc1. The Hall–Kier alpha value is -2.51.